The van der Waals surface area contributed by atoms with E-state index in [9.17, 15) is 13.6 Å². The van der Waals surface area contributed by atoms with Crippen LogP contribution in [0.4, 0.5) is 8.78 Å². The van der Waals surface area contributed by atoms with Crippen molar-refractivity contribution >= 4 is 39.8 Å². The van der Waals surface area contributed by atoms with Crippen LogP contribution < -0.4 is 5.73 Å². The Bertz CT molecular complexity index is 603. The van der Waals surface area contributed by atoms with Gasteiger partial charge in [0.25, 0.3) is 0 Å². The number of hydrogen-bond acceptors (Lipinski definition) is 4. The first kappa shape index (κ1) is 16.8. The lowest BCUT2D eigenvalue weighted by Gasteiger charge is -2.21. The second-order valence-electron chi connectivity index (χ2n) is 4.01. The Morgan fingerprint density at radius 1 is 1.45 bits per heavy atom. The number of hydrogen-bond donors (Lipinski definition) is 1. The third-order valence-corrected chi connectivity index (χ3v) is 3.77. The van der Waals surface area contributed by atoms with Gasteiger partial charge in [0.2, 0.25) is 0 Å². The molecule has 2 rings (SSSR count). The Morgan fingerprint density at radius 2 is 2.10 bits per heavy atom. The molecule has 2 N–H and O–H groups in total. The molecular weight excluding hydrogens is 308 g/mol. The van der Waals surface area contributed by atoms with E-state index < -0.39 is 17.9 Å². The van der Waals surface area contributed by atoms with E-state index in [1.807, 2.05) is 12.1 Å². The van der Waals surface area contributed by atoms with Gasteiger partial charge in [-0.1, -0.05) is 18.2 Å². The molecule has 0 amide bonds. The number of alkyl halides is 2. The largest absolute Gasteiger partial charge is 0.462 e. The molecule has 0 aliphatic carbocycles. The second kappa shape index (κ2) is 6.47. The number of carbonyl (C=O) groups is 1. The summed E-state index contributed by atoms with van der Waals surface area (Å²) in [7, 11) is 0. The number of ether oxygens (including phenoxy) is 1. The van der Waals surface area contributed by atoms with Crippen LogP contribution in [-0.4, -0.2) is 18.5 Å². The number of halogens is 3. The molecule has 2 aromatic rings. The zero-order valence-electron chi connectivity index (χ0n) is 10.6. The third-order valence-electron chi connectivity index (χ3n) is 2.78. The third kappa shape index (κ3) is 2.92. The molecule has 1 aromatic heterocycles. The number of fused-ring (bicyclic) bond motifs is 1. The van der Waals surface area contributed by atoms with Gasteiger partial charge in [0.1, 0.15) is 6.04 Å². The Morgan fingerprint density at radius 3 is 2.75 bits per heavy atom. The highest BCUT2D eigenvalue weighted by Gasteiger charge is 2.48. The summed E-state index contributed by atoms with van der Waals surface area (Å²) in [5, 5.41) is 2.20. The minimum absolute atomic E-state index is 0. The fourth-order valence-electron chi connectivity index (χ4n) is 1.79. The summed E-state index contributed by atoms with van der Waals surface area (Å²) in [6.45, 7) is 1.37. The molecule has 0 aliphatic heterocycles. The zero-order chi connectivity index (χ0) is 14.0. The molecule has 110 valence electrons. The topological polar surface area (TPSA) is 52.3 Å². The molecule has 0 saturated carbocycles. The predicted octanol–water partition coefficient (Wildman–Crippen LogP) is 3.52. The highest BCUT2D eigenvalue weighted by atomic mass is 35.5. The fraction of sp³-hybridized carbons (Fsp3) is 0.308. The summed E-state index contributed by atoms with van der Waals surface area (Å²) in [4.78, 5) is 11.3. The zero-order valence-corrected chi connectivity index (χ0v) is 12.3. The van der Waals surface area contributed by atoms with Gasteiger partial charge in [0.05, 0.1) is 6.61 Å². The minimum atomic E-state index is -3.74. The van der Waals surface area contributed by atoms with Crippen molar-refractivity contribution in [2.24, 2.45) is 5.73 Å². The lowest BCUT2D eigenvalue weighted by Crippen LogP contribution is -2.41. The molecule has 0 fully saturated rings. The maximum absolute atomic E-state index is 13.9. The van der Waals surface area contributed by atoms with Crippen molar-refractivity contribution in [2.75, 3.05) is 6.61 Å². The fourth-order valence-corrected chi connectivity index (χ4v) is 2.79. The van der Waals surface area contributed by atoms with Crippen molar-refractivity contribution in [2.45, 2.75) is 18.9 Å². The van der Waals surface area contributed by atoms with Crippen molar-refractivity contribution in [3.8, 4) is 0 Å². The van der Waals surface area contributed by atoms with Crippen LogP contribution in [0.15, 0.2) is 29.6 Å². The molecule has 1 aromatic carbocycles. The van der Waals surface area contributed by atoms with Gasteiger partial charge in [-0.05, 0) is 29.3 Å². The minimum Gasteiger partial charge on any atom is -0.462 e. The molecule has 1 heterocycles. The van der Waals surface area contributed by atoms with Crippen LogP contribution in [0.2, 0.25) is 0 Å². The van der Waals surface area contributed by atoms with Crippen molar-refractivity contribution < 1.29 is 18.3 Å². The number of benzene rings is 1. The van der Waals surface area contributed by atoms with Crippen molar-refractivity contribution in [3.63, 3.8) is 0 Å². The van der Waals surface area contributed by atoms with E-state index in [1.165, 1.54) is 18.3 Å². The summed E-state index contributed by atoms with van der Waals surface area (Å²) in [6.07, 6.45) is 0. The normalized spacial score (nSPS) is 12.8. The SMILES string of the molecule is CCOC(=O)C(F)(F)[C@@H](N)c1csc2ccccc12.Cl. The lowest BCUT2D eigenvalue weighted by molar-refractivity contribution is -0.174. The van der Waals surface area contributed by atoms with Gasteiger partial charge < -0.3 is 10.5 Å². The number of nitrogens with two attached hydrogens (primary N) is 1. The Labute approximate surface area is 125 Å². The van der Waals surface area contributed by atoms with Crippen LogP contribution in [0.5, 0.6) is 0 Å². The van der Waals surface area contributed by atoms with Crippen molar-refractivity contribution in [1.82, 2.24) is 0 Å². The lowest BCUT2D eigenvalue weighted by atomic mass is 10.0. The second-order valence-corrected chi connectivity index (χ2v) is 4.92. The molecule has 0 bridgehead atoms. The van der Waals surface area contributed by atoms with E-state index in [1.54, 1.807) is 17.5 Å². The Balaban J connectivity index is 0.00000200. The van der Waals surface area contributed by atoms with Crippen LogP contribution in [0.3, 0.4) is 0 Å². The molecule has 7 heteroatoms. The van der Waals surface area contributed by atoms with E-state index in [0.717, 1.165) is 4.70 Å². The van der Waals surface area contributed by atoms with Gasteiger partial charge in [0.15, 0.2) is 0 Å². The molecule has 0 aliphatic rings. The van der Waals surface area contributed by atoms with E-state index in [2.05, 4.69) is 4.74 Å². The average Bonchev–Trinajstić information content (AvgIpc) is 2.81. The number of rotatable bonds is 4. The summed E-state index contributed by atoms with van der Waals surface area (Å²) in [6, 6.07) is 5.38. The Hall–Kier alpha value is -1.24. The van der Waals surface area contributed by atoms with E-state index in [4.69, 9.17) is 5.73 Å². The van der Waals surface area contributed by atoms with Gasteiger partial charge in [0, 0.05) is 4.70 Å². The monoisotopic (exact) mass is 321 g/mol. The standard InChI is InChI=1S/C13H13F2NO2S.ClH/c1-2-18-12(17)13(14,15)11(16)9-7-19-10-6-4-3-5-8(9)10;/h3-7,11H,2,16H2,1H3;1H/t11-;/m0./s1. The number of carbonyl (C=O) groups excluding carboxylic acids is 1. The van der Waals surface area contributed by atoms with Gasteiger partial charge in [-0.15, -0.1) is 23.7 Å². The molecule has 0 spiro atoms. The quantitative estimate of drug-likeness (QED) is 0.877. The summed E-state index contributed by atoms with van der Waals surface area (Å²) < 4.78 is 33.0. The Kier molecular flexibility index (Phi) is 5.44. The summed E-state index contributed by atoms with van der Waals surface area (Å²) in [5.41, 5.74) is 5.83. The maximum Gasteiger partial charge on any atom is 0.379 e. The molecule has 0 radical (unpaired) electrons. The molecule has 1 atom stereocenters. The highest BCUT2D eigenvalue weighted by Crippen LogP contribution is 2.37. The molecule has 3 nitrogen and oxygen atoms in total. The first-order valence-electron chi connectivity index (χ1n) is 5.75. The predicted molar refractivity (Wildman–Crippen MR) is 77.6 cm³/mol. The van der Waals surface area contributed by atoms with Gasteiger partial charge in [-0.25, -0.2) is 4.79 Å². The van der Waals surface area contributed by atoms with Crippen LogP contribution in [0, 0.1) is 0 Å². The van der Waals surface area contributed by atoms with E-state index >= 15 is 0 Å². The van der Waals surface area contributed by atoms with Crippen LogP contribution >= 0.6 is 23.7 Å². The van der Waals surface area contributed by atoms with Crippen LogP contribution in [0.25, 0.3) is 10.1 Å². The van der Waals surface area contributed by atoms with Crippen LogP contribution in [-0.2, 0) is 9.53 Å². The van der Waals surface area contributed by atoms with Crippen molar-refractivity contribution in [1.29, 1.82) is 0 Å². The molecule has 0 saturated heterocycles. The first-order valence-corrected chi connectivity index (χ1v) is 6.63. The molecule has 0 unspecified atom stereocenters. The van der Waals surface area contributed by atoms with Crippen LogP contribution in [0.1, 0.15) is 18.5 Å². The summed E-state index contributed by atoms with van der Waals surface area (Å²) in [5.74, 6) is -5.32. The maximum atomic E-state index is 13.9. The first-order chi connectivity index (χ1) is 8.98. The van der Waals surface area contributed by atoms with Crippen molar-refractivity contribution in [3.05, 3.63) is 35.2 Å². The van der Waals surface area contributed by atoms with E-state index in [0.29, 0.717) is 5.39 Å². The average molecular weight is 322 g/mol. The van der Waals surface area contributed by atoms with Gasteiger partial charge in [-0.2, -0.15) is 8.78 Å². The smallest absolute Gasteiger partial charge is 0.379 e. The highest BCUT2D eigenvalue weighted by molar-refractivity contribution is 7.17. The number of esters is 1. The van der Waals surface area contributed by atoms with E-state index in [-0.39, 0.29) is 24.6 Å². The van der Waals surface area contributed by atoms with Gasteiger partial charge in [-0.3, -0.25) is 0 Å². The molecular formula is C13H14ClF2NO2S. The summed E-state index contributed by atoms with van der Waals surface area (Å²) >= 11 is 1.32. The van der Waals surface area contributed by atoms with Gasteiger partial charge >= 0.3 is 11.9 Å². The molecule has 20 heavy (non-hydrogen) atoms. The number of thiophene rings is 1.